The molecule has 0 saturated carbocycles. The fourth-order valence-electron chi connectivity index (χ4n) is 2.31. The SMILES string of the molecule is C[C@H]1CO[C@H](c2ccccc2Cl)CN1C(=O)C(C)(C)F. The van der Waals surface area contributed by atoms with Crippen LogP contribution in [0.3, 0.4) is 0 Å². The number of halogens is 2. The standard InChI is InChI=1S/C15H19ClFNO2/c1-10-9-20-13(11-6-4-5-7-12(11)16)8-18(10)14(19)15(2,3)17/h4-7,10,13H,8-9H2,1-3H3/t10-,13-/m0/s1. The second-order valence-electron chi connectivity index (χ2n) is 5.62. The van der Waals surface area contributed by atoms with Gasteiger partial charge in [-0.3, -0.25) is 4.79 Å². The Balaban J connectivity index is 2.21. The van der Waals surface area contributed by atoms with Gasteiger partial charge in [0, 0.05) is 10.6 Å². The maximum Gasteiger partial charge on any atom is 0.260 e. The summed E-state index contributed by atoms with van der Waals surface area (Å²) in [5.74, 6) is -0.509. The van der Waals surface area contributed by atoms with Crippen LogP contribution in [0.5, 0.6) is 0 Å². The summed E-state index contributed by atoms with van der Waals surface area (Å²) in [6.45, 7) is 5.10. The summed E-state index contributed by atoms with van der Waals surface area (Å²) in [7, 11) is 0. The molecule has 2 rings (SSSR count). The molecule has 0 N–H and O–H groups in total. The Morgan fingerprint density at radius 2 is 2.10 bits per heavy atom. The first-order valence-corrected chi connectivity index (χ1v) is 7.04. The van der Waals surface area contributed by atoms with Gasteiger partial charge in [-0.05, 0) is 26.8 Å². The van der Waals surface area contributed by atoms with E-state index >= 15 is 0 Å². The van der Waals surface area contributed by atoms with Crippen LogP contribution in [-0.2, 0) is 9.53 Å². The van der Waals surface area contributed by atoms with E-state index in [4.69, 9.17) is 16.3 Å². The van der Waals surface area contributed by atoms with Gasteiger partial charge < -0.3 is 9.64 Å². The molecule has 1 aromatic carbocycles. The molecule has 2 atom stereocenters. The Bertz CT molecular complexity index is 501. The van der Waals surface area contributed by atoms with Crippen LogP contribution in [0.1, 0.15) is 32.4 Å². The molecule has 3 nitrogen and oxygen atoms in total. The number of morpholine rings is 1. The van der Waals surface area contributed by atoms with Gasteiger partial charge in [-0.15, -0.1) is 0 Å². The van der Waals surface area contributed by atoms with Crippen molar-refractivity contribution in [1.82, 2.24) is 4.90 Å². The highest BCUT2D eigenvalue weighted by Gasteiger charge is 2.38. The van der Waals surface area contributed by atoms with Gasteiger partial charge in [-0.1, -0.05) is 29.8 Å². The van der Waals surface area contributed by atoms with Gasteiger partial charge in [0.1, 0.15) is 6.10 Å². The Morgan fingerprint density at radius 1 is 1.45 bits per heavy atom. The summed E-state index contributed by atoms with van der Waals surface area (Å²) in [6, 6.07) is 7.21. The quantitative estimate of drug-likeness (QED) is 0.838. The minimum atomic E-state index is -1.88. The predicted octanol–water partition coefficient (Wildman–Crippen LogP) is 3.38. The van der Waals surface area contributed by atoms with Crippen LogP contribution < -0.4 is 0 Å². The third kappa shape index (κ3) is 3.13. The molecule has 20 heavy (non-hydrogen) atoms. The molecule has 1 saturated heterocycles. The van der Waals surface area contributed by atoms with Gasteiger partial charge in [0.05, 0.1) is 19.2 Å². The van der Waals surface area contributed by atoms with E-state index in [1.165, 1.54) is 18.7 Å². The van der Waals surface area contributed by atoms with Crippen molar-refractivity contribution in [3.63, 3.8) is 0 Å². The van der Waals surface area contributed by atoms with Crippen LogP contribution in [0.2, 0.25) is 5.02 Å². The largest absolute Gasteiger partial charge is 0.369 e. The number of nitrogens with zero attached hydrogens (tertiary/aromatic N) is 1. The van der Waals surface area contributed by atoms with Crippen LogP contribution in [0.25, 0.3) is 0 Å². The van der Waals surface area contributed by atoms with Crippen molar-refractivity contribution in [3.8, 4) is 0 Å². The first kappa shape index (κ1) is 15.3. The van der Waals surface area contributed by atoms with E-state index < -0.39 is 11.6 Å². The lowest BCUT2D eigenvalue weighted by molar-refractivity contribution is -0.155. The maximum atomic E-state index is 13.9. The van der Waals surface area contributed by atoms with E-state index in [0.29, 0.717) is 18.2 Å². The summed E-state index contributed by atoms with van der Waals surface area (Å²) in [6.07, 6.45) is -0.314. The predicted molar refractivity (Wildman–Crippen MR) is 76.5 cm³/mol. The van der Waals surface area contributed by atoms with Crippen molar-refractivity contribution in [3.05, 3.63) is 34.9 Å². The third-order valence-electron chi connectivity index (χ3n) is 3.45. The van der Waals surface area contributed by atoms with Crippen molar-refractivity contribution in [1.29, 1.82) is 0 Å². The molecule has 110 valence electrons. The van der Waals surface area contributed by atoms with E-state index in [-0.39, 0.29) is 12.1 Å². The van der Waals surface area contributed by atoms with Crippen molar-refractivity contribution in [2.75, 3.05) is 13.2 Å². The summed E-state index contributed by atoms with van der Waals surface area (Å²) in [5, 5.41) is 0.596. The third-order valence-corrected chi connectivity index (χ3v) is 3.80. The number of amides is 1. The molecule has 5 heteroatoms. The van der Waals surface area contributed by atoms with Gasteiger partial charge in [0.25, 0.3) is 5.91 Å². The number of alkyl halides is 1. The van der Waals surface area contributed by atoms with Gasteiger partial charge in [0.2, 0.25) is 0 Å². The van der Waals surface area contributed by atoms with E-state index in [1.54, 1.807) is 6.07 Å². The second kappa shape index (κ2) is 5.70. The molecule has 0 radical (unpaired) electrons. The highest BCUT2D eigenvalue weighted by molar-refractivity contribution is 6.31. The summed E-state index contributed by atoms with van der Waals surface area (Å²) < 4.78 is 19.6. The van der Waals surface area contributed by atoms with Gasteiger partial charge in [-0.2, -0.15) is 0 Å². The van der Waals surface area contributed by atoms with Gasteiger partial charge in [-0.25, -0.2) is 4.39 Å². The molecule has 0 bridgehead atoms. The Hall–Kier alpha value is -1.13. The summed E-state index contributed by atoms with van der Waals surface area (Å²) in [4.78, 5) is 13.7. The van der Waals surface area contributed by atoms with Crippen molar-refractivity contribution in [2.24, 2.45) is 0 Å². The molecular formula is C15H19ClFNO2. The van der Waals surface area contributed by atoms with E-state index in [2.05, 4.69) is 0 Å². The zero-order valence-corrected chi connectivity index (χ0v) is 12.7. The molecule has 1 fully saturated rings. The minimum absolute atomic E-state index is 0.142. The summed E-state index contributed by atoms with van der Waals surface area (Å²) in [5.41, 5.74) is -1.05. The molecule has 0 aliphatic carbocycles. The first-order chi connectivity index (χ1) is 9.30. The number of hydrogen-bond donors (Lipinski definition) is 0. The normalized spacial score (nSPS) is 23.8. The number of carbonyl (C=O) groups is 1. The Labute approximate surface area is 123 Å². The monoisotopic (exact) mass is 299 g/mol. The lowest BCUT2D eigenvalue weighted by atomic mass is 10.0. The number of ether oxygens (including phenoxy) is 1. The van der Waals surface area contributed by atoms with E-state index in [9.17, 15) is 9.18 Å². The lowest BCUT2D eigenvalue weighted by Crippen LogP contribution is -2.53. The molecule has 0 aromatic heterocycles. The van der Waals surface area contributed by atoms with Crippen molar-refractivity contribution >= 4 is 17.5 Å². The molecule has 1 amide bonds. The average Bonchev–Trinajstić information content (AvgIpc) is 2.38. The van der Waals surface area contributed by atoms with E-state index in [1.807, 2.05) is 25.1 Å². The molecular weight excluding hydrogens is 281 g/mol. The fourth-order valence-corrected chi connectivity index (χ4v) is 2.56. The zero-order chi connectivity index (χ0) is 14.9. The van der Waals surface area contributed by atoms with Crippen molar-refractivity contribution < 1.29 is 13.9 Å². The smallest absolute Gasteiger partial charge is 0.260 e. The molecule has 1 aromatic rings. The highest BCUT2D eigenvalue weighted by atomic mass is 35.5. The molecule has 0 unspecified atom stereocenters. The minimum Gasteiger partial charge on any atom is -0.369 e. The van der Waals surface area contributed by atoms with E-state index in [0.717, 1.165) is 5.56 Å². The number of rotatable bonds is 2. The Kier molecular flexibility index (Phi) is 4.35. The Morgan fingerprint density at radius 3 is 2.70 bits per heavy atom. The molecule has 1 heterocycles. The van der Waals surface area contributed by atoms with Crippen LogP contribution in [0.15, 0.2) is 24.3 Å². The zero-order valence-electron chi connectivity index (χ0n) is 11.9. The molecule has 1 aliphatic heterocycles. The molecule has 1 aliphatic rings. The van der Waals surface area contributed by atoms with Crippen LogP contribution >= 0.6 is 11.6 Å². The highest BCUT2D eigenvalue weighted by Crippen LogP contribution is 2.31. The number of benzene rings is 1. The first-order valence-electron chi connectivity index (χ1n) is 6.66. The topological polar surface area (TPSA) is 29.5 Å². The second-order valence-corrected chi connectivity index (χ2v) is 6.03. The number of hydrogen-bond acceptors (Lipinski definition) is 2. The van der Waals surface area contributed by atoms with Crippen LogP contribution in [0.4, 0.5) is 4.39 Å². The molecule has 0 spiro atoms. The lowest BCUT2D eigenvalue weighted by Gasteiger charge is -2.40. The fraction of sp³-hybridized carbons (Fsp3) is 0.533. The van der Waals surface area contributed by atoms with Gasteiger partial charge >= 0.3 is 0 Å². The number of carbonyl (C=O) groups excluding carboxylic acids is 1. The van der Waals surface area contributed by atoms with Crippen LogP contribution in [0, 0.1) is 0 Å². The summed E-state index contributed by atoms with van der Waals surface area (Å²) >= 11 is 6.15. The van der Waals surface area contributed by atoms with Crippen LogP contribution in [-0.4, -0.2) is 35.7 Å². The van der Waals surface area contributed by atoms with Gasteiger partial charge in [0.15, 0.2) is 5.67 Å². The van der Waals surface area contributed by atoms with Crippen molar-refractivity contribution in [2.45, 2.75) is 38.6 Å². The maximum absolute atomic E-state index is 13.9. The average molecular weight is 300 g/mol.